The average Bonchev–Trinajstić information content (AvgIpc) is 3.09. The molecular formula is C14H22N4O. The Hall–Kier alpha value is -1.36. The lowest BCUT2D eigenvalue weighted by molar-refractivity contribution is 0.0674. The van der Waals surface area contributed by atoms with E-state index in [9.17, 15) is 4.79 Å². The predicted octanol–water partition coefficient (Wildman–Crippen LogP) is 1.32. The maximum absolute atomic E-state index is 12.4. The van der Waals surface area contributed by atoms with Gasteiger partial charge < -0.3 is 10.2 Å². The Morgan fingerprint density at radius 3 is 2.74 bits per heavy atom. The zero-order valence-corrected chi connectivity index (χ0v) is 11.5. The second-order valence-electron chi connectivity index (χ2n) is 5.74. The minimum absolute atomic E-state index is 0.129. The molecule has 1 unspecified atom stereocenters. The van der Waals surface area contributed by atoms with Crippen molar-refractivity contribution >= 4 is 5.91 Å². The number of piperidine rings is 1. The maximum atomic E-state index is 12.4. The van der Waals surface area contributed by atoms with Crippen molar-refractivity contribution in [3.63, 3.8) is 0 Å². The Bertz CT molecular complexity index is 442. The van der Waals surface area contributed by atoms with Crippen LogP contribution in [0, 0.1) is 12.8 Å². The van der Waals surface area contributed by atoms with Gasteiger partial charge in [0.1, 0.15) is 0 Å². The van der Waals surface area contributed by atoms with Crippen LogP contribution in [0.5, 0.6) is 0 Å². The van der Waals surface area contributed by atoms with Crippen molar-refractivity contribution in [2.45, 2.75) is 38.6 Å². The average molecular weight is 262 g/mol. The number of nitrogens with zero attached hydrogens (tertiary/aromatic N) is 2. The molecule has 5 heteroatoms. The molecule has 104 valence electrons. The number of likely N-dealkylation sites (tertiary alicyclic amines) is 1. The summed E-state index contributed by atoms with van der Waals surface area (Å²) in [5.74, 6) is 0.876. The molecule has 1 aromatic rings. The molecule has 0 aliphatic carbocycles. The summed E-state index contributed by atoms with van der Waals surface area (Å²) >= 11 is 0. The third-order valence-electron chi connectivity index (χ3n) is 4.55. The third-order valence-corrected chi connectivity index (χ3v) is 4.55. The molecule has 0 aromatic carbocycles. The summed E-state index contributed by atoms with van der Waals surface area (Å²) in [4.78, 5) is 14.3. The van der Waals surface area contributed by atoms with E-state index < -0.39 is 0 Å². The standard InChI is InChI=1S/C14H22N4O/c1-10-12(9-16-17-10)14(19)18-7-4-11(5-8-18)13-3-2-6-15-13/h9,11,13,15H,2-8H2,1H3,(H,16,17). The van der Waals surface area contributed by atoms with Crippen LogP contribution in [0.3, 0.4) is 0 Å². The van der Waals surface area contributed by atoms with Crippen LogP contribution in [-0.2, 0) is 0 Å². The molecule has 5 nitrogen and oxygen atoms in total. The van der Waals surface area contributed by atoms with Crippen LogP contribution >= 0.6 is 0 Å². The summed E-state index contributed by atoms with van der Waals surface area (Å²) in [7, 11) is 0. The van der Waals surface area contributed by atoms with Gasteiger partial charge in [-0.1, -0.05) is 0 Å². The van der Waals surface area contributed by atoms with Crippen LogP contribution < -0.4 is 5.32 Å². The highest BCUT2D eigenvalue weighted by Gasteiger charge is 2.30. The highest BCUT2D eigenvalue weighted by molar-refractivity contribution is 5.95. The highest BCUT2D eigenvalue weighted by atomic mass is 16.2. The van der Waals surface area contributed by atoms with Gasteiger partial charge in [0.15, 0.2) is 0 Å². The van der Waals surface area contributed by atoms with Crippen molar-refractivity contribution < 1.29 is 4.79 Å². The van der Waals surface area contributed by atoms with Crippen molar-refractivity contribution in [2.24, 2.45) is 5.92 Å². The van der Waals surface area contributed by atoms with Crippen LogP contribution in [-0.4, -0.2) is 46.7 Å². The molecule has 0 spiro atoms. The van der Waals surface area contributed by atoms with Gasteiger partial charge in [0.25, 0.3) is 5.91 Å². The predicted molar refractivity (Wildman–Crippen MR) is 73.0 cm³/mol. The summed E-state index contributed by atoms with van der Waals surface area (Å²) in [5, 5.41) is 10.4. The molecule has 1 atom stereocenters. The summed E-state index contributed by atoms with van der Waals surface area (Å²) < 4.78 is 0. The van der Waals surface area contributed by atoms with Gasteiger partial charge in [-0.05, 0) is 45.1 Å². The number of amides is 1. The van der Waals surface area contributed by atoms with Gasteiger partial charge in [0.05, 0.1) is 11.8 Å². The lowest BCUT2D eigenvalue weighted by atomic mass is 9.88. The number of H-pyrrole nitrogens is 1. The topological polar surface area (TPSA) is 61.0 Å². The number of aryl methyl sites for hydroxylation is 1. The van der Waals surface area contributed by atoms with Crippen molar-refractivity contribution in [3.8, 4) is 0 Å². The minimum atomic E-state index is 0.129. The Labute approximate surface area is 113 Å². The summed E-state index contributed by atoms with van der Waals surface area (Å²) in [6.45, 7) is 4.83. The fourth-order valence-corrected chi connectivity index (χ4v) is 3.36. The van der Waals surface area contributed by atoms with Crippen LogP contribution in [0.2, 0.25) is 0 Å². The van der Waals surface area contributed by atoms with E-state index in [1.165, 1.54) is 12.8 Å². The molecule has 3 rings (SSSR count). The first-order valence-corrected chi connectivity index (χ1v) is 7.28. The molecule has 2 saturated heterocycles. The summed E-state index contributed by atoms with van der Waals surface area (Å²) in [5.41, 5.74) is 1.59. The Morgan fingerprint density at radius 1 is 1.37 bits per heavy atom. The first kappa shape index (κ1) is 12.7. The number of aromatic amines is 1. The third kappa shape index (κ3) is 2.52. The van der Waals surface area contributed by atoms with Crippen LogP contribution in [0.4, 0.5) is 0 Å². The lowest BCUT2D eigenvalue weighted by Crippen LogP contribution is -2.43. The maximum Gasteiger partial charge on any atom is 0.257 e. The summed E-state index contributed by atoms with van der Waals surface area (Å²) in [6, 6.07) is 0.688. The van der Waals surface area contributed by atoms with E-state index in [-0.39, 0.29) is 5.91 Å². The fraction of sp³-hybridized carbons (Fsp3) is 0.714. The molecule has 2 fully saturated rings. The molecule has 2 aliphatic heterocycles. The Kier molecular flexibility index (Phi) is 3.55. The van der Waals surface area contributed by atoms with E-state index >= 15 is 0 Å². The summed E-state index contributed by atoms with van der Waals surface area (Å²) in [6.07, 6.45) is 6.50. The van der Waals surface area contributed by atoms with Crippen molar-refractivity contribution in [3.05, 3.63) is 17.5 Å². The zero-order chi connectivity index (χ0) is 13.2. The highest BCUT2D eigenvalue weighted by Crippen LogP contribution is 2.26. The molecule has 1 aromatic heterocycles. The molecule has 1 amide bonds. The van der Waals surface area contributed by atoms with Gasteiger partial charge in [-0.15, -0.1) is 0 Å². The first-order valence-electron chi connectivity index (χ1n) is 7.28. The Morgan fingerprint density at radius 2 is 2.16 bits per heavy atom. The molecular weight excluding hydrogens is 240 g/mol. The largest absolute Gasteiger partial charge is 0.339 e. The van der Waals surface area contributed by atoms with Crippen LogP contribution in [0.15, 0.2) is 6.20 Å². The van der Waals surface area contributed by atoms with E-state index in [1.54, 1.807) is 6.20 Å². The minimum Gasteiger partial charge on any atom is -0.339 e. The molecule has 3 heterocycles. The van der Waals surface area contributed by atoms with Crippen molar-refractivity contribution in [2.75, 3.05) is 19.6 Å². The van der Waals surface area contributed by atoms with Gasteiger partial charge in [0, 0.05) is 24.8 Å². The second-order valence-corrected chi connectivity index (χ2v) is 5.74. The molecule has 0 bridgehead atoms. The molecule has 2 N–H and O–H groups in total. The zero-order valence-electron chi connectivity index (χ0n) is 11.5. The normalized spacial score (nSPS) is 24.9. The van der Waals surface area contributed by atoms with E-state index in [4.69, 9.17) is 0 Å². The SMILES string of the molecule is Cc1[nH]ncc1C(=O)N1CCC(C2CCCN2)CC1. The molecule has 0 radical (unpaired) electrons. The molecule has 19 heavy (non-hydrogen) atoms. The number of aromatic nitrogens is 2. The number of rotatable bonds is 2. The van der Waals surface area contributed by atoms with E-state index in [0.717, 1.165) is 49.7 Å². The number of carbonyl (C=O) groups excluding carboxylic acids is 1. The smallest absolute Gasteiger partial charge is 0.257 e. The quantitative estimate of drug-likeness (QED) is 0.845. The van der Waals surface area contributed by atoms with Crippen molar-refractivity contribution in [1.82, 2.24) is 20.4 Å². The van der Waals surface area contributed by atoms with Crippen molar-refractivity contribution in [1.29, 1.82) is 0 Å². The van der Waals surface area contributed by atoms with Gasteiger partial charge in [-0.2, -0.15) is 5.10 Å². The fourth-order valence-electron chi connectivity index (χ4n) is 3.36. The number of carbonyl (C=O) groups is 1. The van der Waals surface area contributed by atoms with E-state index in [1.807, 2.05) is 11.8 Å². The lowest BCUT2D eigenvalue weighted by Gasteiger charge is -2.34. The van der Waals surface area contributed by atoms with Gasteiger partial charge in [-0.25, -0.2) is 0 Å². The Balaban J connectivity index is 1.58. The number of hydrogen-bond acceptors (Lipinski definition) is 3. The van der Waals surface area contributed by atoms with Gasteiger partial charge >= 0.3 is 0 Å². The first-order chi connectivity index (χ1) is 9.25. The number of nitrogens with one attached hydrogen (secondary N) is 2. The van der Waals surface area contributed by atoms with Crippen LogP contribution in [0.1, 0.15) is 41.7 Å². The molecule has 2 aliphatic rings. The van der Waals surface area contributed by atoms with Crippen LogP contribution in [0.25, 0.3) is 0 Å². The molecule has 0 saturated carbocycles. The monoisotopic (exact) mass is 262 g/mol. The van der Waals surface area contributed by atoms with E-state index in [2.05, 4.69) is 15.5 Å². The van der Waals surface area contributed by atoms with Gasteiger partial charge in [-0.3, -0.25) is 9.89 Å². The number of hydrogen-bond donors (Lipinski definition) is 2. The second kappa shape index (κ2) is 5.33. The van der Waals surface area contributed by atoms with E-state index in [0.29, 0.717) is 6.04 Å². The van der Waals surface area contributed by atoms with Gasteiger partial charge in [0.2, 0.25) is 0 Å².